The lowest BCUT2D eigenvalue weighted by Gasteiger charge is -2.31. The molecule has 1 saturated heterocycles. The quantitative estimate of drug-likeness (QED) is 0.439. The number of para-hydroxylation sites is 1. The van der Waals surface area contributed by atoms with Crippen LogP contribution in [-0.2, 0) is 6.54 Å². The molecule has 0 aliphatic carbocycles. The fourth-order valence-corrected chi connectivity index (χ4v) is 3.23. The zero-order valence-electron chi connectivity index (χ0n) is 15.3. The van der Waals surface area contributed by atoms with E-state index in [1.54, 1.807) is 0 Å². The van der Waals surface area contributed by atoms with E-state index in [0.717, 1.165) is 41.6 Å². The summed E-state index contributed by atoms with van der Waals surface area (Å²) < 4.78 is 1.99. The number of benzene rings is 1. The maximum absolute atomic E-state index is 6.22. The lowest BCUT2D eigenvalue weighted by Crippen LogP contribution is -2.42. The summed E-state index contributed by atoms with van der Waals surface area (Å²) in [5.74, 6) is 1.45. The molecule has 1 aliphatic heterocycles. The second-order valence-corrected chi connectivity index (χ2v) is 6.81. The zero-order chi connectivity index (χ0) is 17.1. The van der Waals surface area contributed by atoms with Crippen LogP contribution in [-0.4, -0.2) is 33.7 Å². The molecule has 0 spiro atoms. The number of piperidine rings is 1. The second-order valence-electron chi connectivity index (χ2n) is 6.81. The molecule has 0 unspecified atom stereocenters. The number of halogens is 1. The van der Waals surface area contributed by atoms with Crippen molar-refractivity contribution in [3.8, 4) is 5.69 Å². The third-order valence-corrected chi connectivity index (χ3v) is 4.75. The van der Waals surface area contributed by atoms with Crippen LogP contribution in [0.25, 0.3) is 5.69 Å². The number of nitrogens with two attached hydrogens (primary N) is 1. The molecule has 0 radical (unpaired) electrons. The van der Waals surface area contributed by atoms with E-state index in [1.165, 1.54) is 12.8 Å². The largest absolute Gasteiger partial charge is 0.370 e. The highest BCUT2D eigenvalue weighted by Gasteiger charge is 2.17. The van der Waals surface area contributed by atoms with Gasteiger partial charge in [-0.15, -0.1) is 24.0 Å². The molecule has 6 heteroatoms. The predicted octanol–water partition coefficient (Wildman–Crippen LogP) is 3.65. The summed E-state index contributed by atoms with van der Waals surface area (Å²) in [5.41, 5.74) is 10.6. The Morgan fingerprint density at radius 1 is 1.24 bits per heavy atom. The van der Waals surface area contributed by atoms with Crippen molar-refractivity contribution in [2.45, 2.75) is 40.2 Å². The van der Waals surface area contributed by atoms with Crippen LogP contribution in [0.4, 0.5) is 0 Å². The highest BCUT2D eigenvalue weighted by molar-refractivity contribution is 14.0. The lowest BCUT2D eigenvalue weighted by molar-refractivity contribution is 0.277. The standard InChI is InChI=1S/C19H27N5.HI/c1-14-8-10-23(11-9-14)19(20)21-13-17-6-4-5-7-18(17)24-16(3)12-15(2)22-24;/h4-7,12,14H,8-11,13H2,1-3H3,(H2,20,21);1H. The Balaban J connectivity index is 0.00000225. The minimum atomic E-state index is 0. The van der Waals surface area contributed by atoms with E-state index in [-0.39, 0.29) is 24.0 Å². The van der Waals surface area contributed by atoms with Crippen molar-refractivity contribution in [2.24, 2.45) is 16.6 Å². The van der Waals surface area contributed by atoms with E-state index < -0.39 is 0 Å². The first kappa shape index (κ1) is 19.8. The van der Waals surface area contributed by atoms with Gasteiger partial charge in [-0.2, -0.15) is 5.10 Å². The van der Waals surface area contributed by atoms with Gasteiger partial charge in [0.05, 0.1) is 17.9 Å². The van der Waals surface area contributed by atoms with Gasteiger partial charge in [-0.1, -0.05) is 25.1 Å². The number of likely N-dealkylation sites (tertiary alicyclic amines) is 1. The third kappa shape index (κ3) is 4.74. The third-order valence-electron chi connectivity index (χ3n) is 4.75. The van der Waals surface area contributed by atoms with Crippen LogP contribution in [0.5, 0.6) is 0 Å². The maximum Gasteiger partial charge on any atom is 0.191 e. The molecule has 2 aromatic rings. The van der Waals surface area contributed by atoms with Gasteiger partial charge >= 0.3 is 0 Å². The molecule has 0 saturated carbocycles. The number of nitrogens with zero attached hydrogens (tertiary/aromatic N) is 4. The molecule has 25 heavy (non-hydrogen) atoms. The van der Waals surface area contributed by atoms with Crippen LogP contribution < -0.4 is 5.73 Å². The minimum Gasteiger partial charge on any atom is -0.370 e. The summed E-state index contributed by atoms with van der Waals surface area (Å²) >= 11 is 0. The number of guanidine groups is 1. The Bertz CT molecular complexity index is 729. The molecule has 1 aliphatic rings. The van der Waals surface area contributed by atoms with Gasteiger partial charge in [0.15, 0.2) is 5.96 Å². The molecule has 1 fully saturated rings. The highest BCUT2D eigenvalue weighted by Crippen LogP contribution is 2.19. The highest BCUT2D eigenvalue weighted by atomic mass is 127. The van der Waals surface area contributed by atoms with Crippen LogP contribution in [0.1, 0.15) is 36.7 Å². The fourth-order valence-electron chi connectivity index (χ4n) is 3.23. The average molecular weight is 453 g/mol. The molecular weight excluding hydrogens is 425 g/mol. The van der Waals surface area contributed by atoms with E-state index in [2.05, 4.69) is 47.0 Å². The van der Waals surface area contributed by atoms with Gasteiger partial charge in [0, 0.05) is 18.8 Å². The summed E-state index contributed by atoms with van der Waals surface area (Å²) in [4.78, 5) is 6.85. The first-order chi connectivity index (χ1) is 11.5. The smallest absolute Gasteiger partial charge is 0.191 e. The molecule has 0 atom stereocenters. The molecule has 5 nitrogen and oxygen atoms in total. The number of aliphatic imine (C=N–C) groups is 1. The van der Waals surface area contributed by atoms with Gasteiger partial charge in [-0.05, 0) is 50.3 Å². The molecule has 0 bridgehead atoms. The van der Waals surface area contributed by atoms with E-state index >= 15 is 0 Å². The van der Waals surface area contributed by atoms with Crippen molar-refractivity contribution in [3.63, 3.8) is 0 Å². The molecule has 3 rings (SSSR count). The number of rotatable bonds is 3. The molecular formula is C19H28IN5. The van der Waals surface area contributed by atoms with Crippen molar-refractivity contribution in [1.82, 2.24) is 14.7 Å². The van der Waals surface area contributed by atoms with E-state index in [4.69, 9.17) is 5.73 Å². The van der Waals surface area contributed by atoms with Crippen LogP contribution in [0.3, 0.4) is 0 Å². The Morgan fingerprint density at radius 3 is 2.56 bits per heavy atom. The maximum atomic E-state index is 6.22. The minimum absolute atomic E-state index is 0. The van der Waals surface area contributed by atoms with Gasteiger partial charge in [0.2, 0.25) is 0 Å². The Morgan fingerprint density at radius 2 is 1.92 bits per heavy atom. The normalized spacial score (nSPS) is 16.0. The first-order valence-corrected chi connectivity index (χ1v) is 8.71. The Kier molecular flexibility index (Phi) is 6.87. The number of hydrogen-bond acceptors (Lipinski definition) is 2. The summed E-state index contributed by atoms with van der Waals surface area (Å²) in [5, 5.41) is 4.59. The van der Waals surface area contributed by atoms with Crippen molar-refractivity contribution in [3.05, 3.63) is 47.3 Å². The lowest BCUT2D eigenvalue weighted by atomic mass is 10.00. The van der Waals surface area contributed by atoms with Crippen molar-refractivity contribution >= 4 is 29.9 Å². The first-order valence-electron chi connectivity index (χ1n) is 8.71. The van der Waals surface area contributed by atoms with E-state index in [9.17, 15) is 0 Å². The van der Waals surface area contributed by atoms with Crippen LogP contribution in [0.2, 0.25) is 0 Å². The zero-order valence-corrected chi connectivity index (χ0v) is 17.6. The summed E-state index contributed by atoms with van der Waals surface area (Å²) in [6.45, 7) is 8.98. The van der Waals surface area contributed by atoms with Crippen LogP contribution in [0.15, 0.2) is 35.3 Å². The van der Waals surface area contributed by atoms with Gasteiger partial charge in [0.25, 0.3) is 0 Å². The molecule has 2 N–H and O–H groups in total. The monoisotopic (exact) mass is 453 g/mol. The van der Waals surface area contributed by atoms with Crippen LogP contribution >= 0.6 is 24.0 Å². The molecule has 0 amide bonds. The van der Waals surface area contributed by atoms with E-state index in [1.807, 2.05) is 23.7 Å². The molecule has 1 aromatic carbocycles. The summed E-state index contributed by atoms with van der Waals surface area (Å²) in [6, 6.07) is 10.3. The van der Waals surface area contributed by atoms with Crippen molar-refractivity contribution in [1.29, 1.82) is 0 Å². The predicted molar refractivity (Wildman–Crippen MR) is 114 cm³/mol. The van der Waals surface area contributed by atoms with Crippen LogP contribution in [0, 0.1) is 19.8 Å². The van der Waals surface area contributed by atoms with Gasteiger partial charge in [0.1, 0.15) is 0 Å². The Labute approximate surface area is 167 Å². The van der Waals surface area contributed by atoms with Crippen molar-refractivity contribution < 1.29 is 0 Å². The molecule has 2 heterocycles. The molecule has 136 valence electrons. The van der Waals surface area contributed by atoms with Gasteiger partial charge < -0.3 is 10.6 Å². The fraction of sp³-hybridized carbons (Fsp3) is 0.474. The van der Waals surface area contributed by atoms with E-state index in [0.29, 0.717) is 12.5 Å². The summed E-state index contributed by atoms with van der Waals surface area (Å²) in [7, 11) is 0. The van der Waals surface area contributed by atoms with Crippen molar-refractivity contribution in [2.75, 3.05) is 13.1 Å². The second kappa shape index (κ2) is 8.69. The SMILES string of the molecule is Cc1cc(C)n(-c2ccccc2CN=C(N)N2CCC(C)CC2)n1.I. The number of hydrogen-bond donors (Lipinski definition) is 1. The molecule has 1 aromatic heterocycles. The topological polar surface area (TPSA) is 59.4 Å². The average Bonchev–Trinajstić information content (AvgIpc) is 2.92. The summed E-state index contributed by atoms with van der Waals surface area (Å²) in [6.07, 6.45) is 2.39. The number of aromatic nitrogens is 2. The number of aryl methyl sites for hydroxylation is 2. The van der Waals surface area contributed by atoms with Gasteiger partial charge in [-0.25, -0.2) is 9.67 Å². The Hall–Kier alpha value is -1.57. The van der Waals surface area contributed by atoms with Gasteiger partial charge in [-0.3, -0.25) is 0 Å².